The van der Waals surface area contributed by atoms with Gasteiger partial charge in [0.1, 0.15) is 0 Å². The molecule has 8 heteroatoms. The van der Waals surface area contributed by atoms with Crippen molar-refractivity contribution in [2.24, 2.45) is 0 Å². The largest absolute Gasteiger partial charge is 0.395 e. The van der Waals surface area contributed by atoms with Gasteiger partial charge in [0.05, 0.1) is 25.5 Å². The van der Waals surface area contributed by atoms with Crippen LogP contribution in [0, 0.1) is 0 Å². The van der Waals surface area contributed by atoms with Crippen LogP contribution in [0.3, 0.4) is 0 Å². The number of nitrogens with one attached hydrogen (secondary N) is 2. The van der Waals surface area contributed by atoms with E-state index in [4.69, 9.17) is 9.84 Å². The van der Waals surface area contributed by atoms with Crippen LogP contribution in [0.4, 0.5) is 0 Å². The maximum Gasteiger partial charge on any atom is 0.257 e. The zero-order valence-electron chi connectivity index (χ0n) is 8.17. The standard InChI is InChI=1S/C7H13N3O4S/c1-14-5-6(4-11)10-15(12,13)7-2-3-8-9-7/h2-3,6,10-11H,4-5H2,1H3,(H,8,9). The lowest BCUT2D eigenvalue weighted by molar-refractivity contribution is 0.139. The van der Waals surface area contributed by atoms with Gasteiger partial charge in [0.25, 0.3) is 10.0 Å². The van der Waals surface area contributed by atoms with Gasteiger partial charge < -0.3 is 9.84 Å². The van der Waals surface area contributed by atoms with Crippen LogP contribution in [-0.4, -0.2) is 50.1 Å². The van der Waals surface area contributed by atoms with Gasteiger partial charge in [-0.3, -0.25) is 5.10 Å². The van der Waals surface area contributed by atoms with Gasteiger partial charge in [0, 0.05) is 7.11 Å². The fourth-order valence-corrected chi connectivity index (χ4v) is 2.12. The number of sulfonamides is 1. The summed E-state index contributed by atoms with van der Waals surface area (Å²) < 4.78 is 30.2. The molecule has 0 fully saturated rings. The Balaban J connectivity index is 2.72. The molecule has 1 aromatic heterocycles. The molecule has 0 aliphatic heterocycles. The lowest BCUT2D eigenvalue weighted by atomic mass is 10.4. The smallest absolute Gasteiger partial charge is 0.257 e. The van der Waals surface area contributed by atoms with E-state index < -0.39 is 16.1 Å². The van der Waals surface area contributed by atoms with Crippen LogP contribution in [0.25, 0.3) is 0 Å². The van der Waals surface area contributed by atoms with Gasteiger partial charge in [0.15, 0.2) is 5.03 Å². The number of hydrogen-bond donors (Lipinski definition) is 3. The minimum atomic E-state index is -3.66. The van der Waals surface area contributed by atoms with Gasteiger partial charge in [0.2, 0.25) is 0 Å². The molecule has 0 bridgehead atoms. The molecule has 1 heterocycles. The van der Waals surface area contributed by atoms with Crippen LogP contribution in [0.2, 0.25) is 0 Å². The Labute approximate surface area is 87.5 Å². The van der Waals surface area contributed by atoms with Gasteiger partial charge in [-0.2, -0.15) is 5.10 Å². The first kappa shape index (κ1) is 12.1. The molecule has 1 rings (SSSR count). The van der Waals surface area contributed by atoms with E-state index in [1.807, 2.05) is 0 Å². The number of rotatable bonds is 6. The first-order valence-corrected chi connectivity index (χ1v) is 5.70. The van der Waals surface area contributed by atoms with Crippen LogP contribution >= 0.6 is 0 Å². The number of nitrogens with zero attached hydrogens (tertiary/aromatic N) is 1. The fraction of sp³-hybridized carbons (Fsp3) is 0.571. The van der Waals surface area contributed by atoms with Crippen molar-refractivity contribution in [2.45, 2.75) is 11.1 Å². The Morgan fingerprint density at radius 1 is 1.73 bits per heavy atom. The van der Waals surface area contributed by atoms with Crippen LogP contribution in [-0.2, 0) is 14.8 Å². The van der Waals surface area contributed by atoms with Crippen molar-refractivity contribution in [3.63, 3.8) is 0 Å². The summed E-state index contributed by atoms with van der Waals surface area (Å²) in [6, 6.07) is 0.659. The number of ether oxygens (including phenoxy) is 1. The maximum atomic E-state index is 11.6. The second kappa shape index (κ2) is 5.21. The molecule has 0 saturated carbocycles. The molecule has 0 radical (unpaired) electrons. The van der Waals surface area contributed by atoms with Crippen molar-refractivity contribution < 1.29 is 18.3 Å². The molecule has 0 saturated heterocycles. The molecule has 0 amide bonds. The summed E-state index contributed by atoms with van der Waals surface area (Å²) >= 11 is 0. The summed E-state index contributed by atoms with van der Waals surface area (Å²) in [6.07, 6.45) is 1.33. The second-order valence-electron chi connectivity index (χ2n) is 2.88. The van der Waals surface area contributed by atoms with Gasteiger partial charge >= 0.3 is 0 Å². The van der Waals surface area contributed by atoms with E-state index in [0.29, 0.717) is 0 Å². The average molecular weight is 235 g/mol. The molecule has 0 aliphatic rings. The summed E-state index contributed by atoms with van der Waals surface area (Å²) in [5.41, 5.74) is 0. The van der Waals surface area contributed by atoms with Crippen molar-refractivity contribution in [3.8, 4) is 0 Å². The van der Waals surface area contributed by atoms with Gasteiger partial charge in [-0.1, -0.05) is 0 Å². The van der Waals surface area contributed by atoms with E-state index in [9.17, 15) is 8.42 Å². The number of aromatic nitrogens is 2. The monoisotopic (exact) mass is 235 g/mol. The van der Waals surface area contributed by atoms with E-state index in [2.05, 4.69) is 14.9 Å². The van der Waals surface area contributed by atoms with Crippen LogP contribution in [0.5, 0.6) is 0 Å². The third-order valence-corrected chi connectivity index (χ3v) is 3.12. The minimum Gasteiger partial charge on any atom is -0.395 e. The number of H-pyrrole nitrogens is 1. The molecule has 1 unspecified atom stereocenters. The number of aromatic amines is 1. The molecule has 86 valence electrons. The van der Waals surface area contributed by atoms with Crippen molar-refractivity contribution in [2.75, 3.05) is 20.3 Å². The Bertz CT molecular complexity index is 375. The highest BCUT2D eigenvalue weighted by atomic mass is 32.2. The number of aliphatic hydroxyl groups is 1. The topological polar surface area (TPSA) is 104 Å². The average Bonchev–Trinajstić information content (AvgIpc) is 2.70. The predicted molar refractivity (Wildman–Crippen MR) is 51.7 cm³/mol. The van der Waals surface area contributed by atoms with Gasteiger partial charge in [-0.25, -0.2) is 13.1 Å². The van der Waals surface area contributed by atoms with Gasteiger partial charge in [-0.05, 0) is 6.07 Å². The van der Waals surface area contributed by atoms with E-state index in [1.54, 1.807) is 0 Å². The normalized spacial score (nSPS) is 14.0. The maximum absolute atomic E-state index is 11.6. The summed E-state index contributed by atoms with van der Waals surface area (Å²) in [6.45, 7) is -0.231. The number of aliphatic hydroxyl groups excluding tert-OH is 1. The Kier molecular flexibility index (Phi) is 4.21. The third kappa shape index (κ3) is 3.27. The zero-order chi connectivity index (χ0) is 11.3. The Morgan fingerprint density at radius 3 is 2.93 bits per heavy atom. The quantitative estimate of drug-likeness (QED) is 0.568. The zero-order valence-corrected chi connectivity index (χ0v) is 8.99. The molecule has 0 aromatic carbocycles. The first-order chi connectivity index (χ1) is 7.10. The molecule has 7 nitrogen and oxygen atoms in total. The minimum absolute atomic E-state index is 0.0444. The van der Waals surface area contributed by atoms with Crippen molar-refractivity contribution in [3.05, 3.63) is 12.3 Å². The number of methoxy groups -OCH3 is 1. The van der Waals surface area contributed by atoms with Gasteiger partial charge in [-0.15, -0.1) is 0 Å². The molecule has 1 aromatic rings. The highest BCUT2D eigenvalue weighted by molar-refractivity contribution is 7.89. The van der Waals surface area contributed by atoms with E-state index >= 15 is 0 Å². The van der Waals surface area contributed by atoms with Crippen molar-refractivity contribution >= 4 is 10.0 Å². The Hall–Kier alpha value is -0.960. The predicted octanol–water partition coefficient (Wildman–Crippen LogP) is -1.30. The highest BCUT2D eigenvalue weighted by Gasteiger charge is 2.20. The van der Waals surface area contributed by atoms with Crippen LogP contribution in [0.1, 0.15) is 0 Å². The SMILES string of the molecule is COCC(CO)NS(=O)(=O)c1ccn[nH]1. The summed E-state index contributed by atoms with van der Waals surface area (Å²) in [5.74, 6) is 0. The fourth-order valence-electron chi connectivity index (χ4n) is 1.00. The van der Waals surface area contributed by atoms with E-state index in [-0.39, 0.29) is 18.2 Å². The number of hydrogen-bond acceptors (Lipinski definition) is 5. The van der Waals surface area contributed by atoms with Crippen LogP contribution in [0.15, 0.2) is 17.3 Å². The summed E-state index contributed by atoms with van der Waals surface area (Å²) in [5, 5.41) is 14.7. The molecular formula is C7H13N3O4S. The molecule has 3 N–H and O–H groups in total. The first-order valence-electron chi connectivity index (χ1n) is 4.21. The molecule has 15 heavy (non-hydrogen) atoms. The third-order valence-electron chi connectivity index (χ3n) is 1.67. The lowest BCUT2D eigenvalue weighted by Gasteiger charge is -2.14. The molecule has 1 atom stereocenters. The summed E-state index contributed by atoms with van der Waals surface area (Å²) in [7, 11) is -2.23. The molecule has 0 spiro atoms. The Morgan fingerprint density at radius 2 is 2.47 bits per heavy atom. The lowest BCUT2D eigenvalue weighted by Crippen LogP contribution is -2.40. The van der Waals surface area contributed by atoms with Crippen molar-refractivity contribution in [1.82, 2.24) is 14.9 Å². The summed E-state index contributed by atoms with van der Waals surface area (Å²) in [4.78, 5) is 0. The molecular weight excluding hydrogens is 222 g/mol. The highest BCUT2D eigenvalue weighted by Crippen LogP contribution is 2.03. The van der Waals surface area contributed by atoms with Crippen LogP contribution < -0.4 is 4.72 Å². The van der Waals surface area contributed by atoms with E-state index in [1.165, 1.54) is 19.4 Å². The van der Waals surface area contributed by atoms with Crippen molar-refractivity contribution in [1.29, 1.82) is 0 Å². The van der Waals surface area contributed by atoms with E-state index in [0.717, 1.165) is 0 Å². The second-order valence-corrected chi connectivity index (χ2v) is 4.56. The molecule has 0 aliphatic carbocycles.